The van der Waals surface area contributed by atoms with E-state index in [1.54, 1.807) is 12.5 Å². The van der Waals surface area contributed by atoms with Gasteiger partial charge in [-0.2, -0.15) is 5.26 Å². The van der Waals surface area contributed by atoms with Crippen LogP contribution in [0.5, 0.6) is 0 Å². The van der Waals surface area contributed by atoms with E-state index in [1.807, 2.05) is 10.8 Å². The van der Waals surface area contributed by atoms with Crippen LogP contribution >= 0.6 is 0 Å². The Hall–Kier alpha value is -2.12. The lowest BCUT2D eigenvalue weighted by molar-refractivity contribution is 0.628. The van der Waals surface area contributed by atoms with Crippen molar-refractivity contribution in [3.63, 3.8) is 0 Å². The lowest BCUT2D eigenvalue weighted by Crippen LogP contribution is -2.14. The second-order valence-electron chi connectivity index (χ2n) is 4.43. The van der Waals surface area contributed by atoms with Crippen LogP contribution in [0.1, 0.15) is 24.8 Å². The molecule has 1 aromatic heterocycles. The number of imidazole rings is 1. The summed E-state index contributed by atoms with van der Waals surface area (Å²) in [6, 6.07) is 10.6. The highest BCUT2D eigenvalue weighted by Crippen LogP contribution is 2.09. The third kappa shape index (κ3) is 4.23. The Kier molecular flexibility index (Phi) is 5.15. The second kappa shape index (κ2) is 7.34. The number of benzene rings is 1. The number of rotatable bonds is 7. The second-order valence-corrected chi connectivity index (χ2v) is 4.43. The van der Waals surface area contributed by atoms with E-state index in [1.165, 1.54) is 5.56 Å². The number of nitrogens with one attached hydrogen (secondary N) is 1. The molecule has 0 fully saturated rings. The van der Waals surface area contributed by atoms with Gasteiger partial charge < -0.3 is 9.88 Å². The van der Waals surface area contributed by atoms with Gasteiger partial charge in [0.25, 0.3) is 0 Å². The van der Waals surface area contributed by atoms with Gasteiger partial charge in [0.1, 0.15) is 0 Å². The van der Waals surface area contributed by atoms with Crippen LogP contribution in [0.3, 0.4) is 0 Å². The van der Waals surface area contributed by atoms with Crippen LogP contribution in [-0.2, 0) is 6.54 Å². The van der Waals surface area contributed by atoms with Gasteiger partial charge in [-0.05, 0) is 37.1 Å². The first kappa shape index (κ1) is 13.3. The molecule has 98 valence electrons. The minimum atomic E-state index is 0.654. The summed E-state index contributed by atoms with van der Waals surface area (Å²) in [5.74, 6) is 0. The minimum Gasteiger partial charge on any atom is -0.313 e. The van der Waals surface area contributed by atoms with E-state index >= 15 is 0 Å². The summed E-state index contributed by atoms with van der Waals surface area (Å²) in [5.41, 5.74) is 2.39. The van der Waals surface area contributed by atoms with Gasteiger partial charge in [-0.25, -0.2) is 4.98 Å². The summed E-state index contributed by atoms with van der Waals surface area (Å²) in [7, 11) is 0. The predicted molar refractivity (Wildman–Crippen MR) is 74.7 cm³/mol. The molecule has 0 saturated carbocycles. The quantitative estimate of drug-likeness (QED) is 0.773. The van der Waals surface area contributed by atoms with Gasteiger partial charge in [-0.3, -0.25) is 0 Å². The molecule has 1 heterocycles. The van der Waals surface area contributed by atoms with E-state index in [4.69, 9.17) is 5.26 Å². The van der Waals surface area contributed by atoms with Gasteiger partial charge in [-0.1, -0.05) is 12.1 Å². The van der Waals surface area contributed by atoms with Crippen molar-refractivity contribution in [2.75, 3.05) is 6.54 Å². The van der Waals surface area contributed by atoms with Crippen molar-refractivity contribution in [2.24, 2.45) is 0 Å². The molecular formula is C15H18N4. The number of hydrogen-bond donors (Lipinski definition) is 1. The Labute approximate surface area is 113 Å². The zero-order valence-corrected chi connectivity index (χ0v) is 10.9. The number of nitriles is 1. The van der Waals surface area contributed by atoms with E-state index in [-0.39, 0.29) is 0 Å². The lowest BCUT2D eigenvalue weighted by Gasteiger charge is -2.06. The van der Waals surface area contributed by atoms with Gasteiger partial charge in [0, 0.05) is 31.0 Å². The molecule has 0 bridgehead atoms. The van der Waals surface area contributed by atoms with Gasteiger partial charge in [0.2, 0.25) is 0 Å². The maximum Gasteiger partial charge on any atom is 0.0991 e. The van der Waals surface area contributed by atoms with Crippen molar-refractivity contribution in [2.45, 2.75) is 25.8 Å². The molecule has 4 nitrogen and oxygen atoms in total. The van der Waals surface area contributed by atoms with Crippen molar-refractivity contribution in [1.82, 2.24) is 14.9 Å². The van der Waals surface area contributed by atoms with Crippen molar-refractivity contribution in [1.29, 1.82) is 5.26 Å². The average molecular weight is 254 g/mol. The summed E-state index contributed by atoms with van der Waals surface area (Å²) >= 11 is 0. The van der Waals surface area contributed by atoms with E-state index in [0.29, 0.717) is 6.42 Å². The molecule has 0 radical (unpaired) electrons. The highest BCUT2D eigenvalue weighted by atomic mass is 15.0. The van der Waals surface area contributed by atoms with Crippen LogP contribution < -0.4 is 5.32 Å². The van der Waals surface area contributed by atoms with E-state index in [9.17, 15) is 0 Å². The number of unbranched alkanes of at least 4 members (excludes halogenated alkanes) is 2. The molecule has 1 N–H and O–H groups in total. The molecule has 2 aromatic rings. The third-order valence-corrected chi connectivity index (χ3v) is 2.96. The van der Waals surface area contributed by atoms with Crippen LogP contribution in [0.15, 0.2) is 43.0 Å². The first-order valence-corrected chi connectivity index (χ1v) is 6.55. The molecule has 0 unspecified atom stereocenters. The van der Waals surface area contributed by atoms with E-state index in [2.05, 4.69) is 40.6 Å². The van der Waals surface area contributed by atoms with Gasteiger partial charge in [-0.15, -0.1) is 0 Å². The molecule has 0 spiro atoms. The smallest absolute Gasteiger partial charge is 0.0991 e. The number of aromatic nitrogens is 2. The van der Waals surface area contributed by atoms with Gasteiger partial charge >= 0.3 is 0 Å². The summed E-state index contributed by atoms with van der Waals surface area (Å²) in [6.07, 6.45) is 8.19. The number of hydrogen-bond acceptors (Lipinski definition) is 3. The Balaban J connectivity index is 1.75. The predicted octanol–water partition coefficient (Wildman–Crippen LogP) is 2.66. The highest BCUT2D eigenvalue weighted by Gasteiger charge is 1.96. The fourth-order valence-corrected chi connectivity index (χ4v) is 1.88. The molecule has 0 amide bonds. The minimum absolute atomic E-state index is 0.654. The van der Waals surface area contributed by atoms with Crippen molar-refractivity contribution >= 4 is 0 Å². The molecular weight excluding hydrogens is 236 g/mol. The molecule has 2 rings (SSSR count). The average Bonchev–Trinajstić information content (AvgIpc) is 2.97. The maximum absolute atomic E-state index is 8.43. The maximum atomic E-state index is 8.43. The van der Waals surface area contributed by atoms with Crippen molar-refractivity contribution in [3.8, 4) is 11.8 Å². The molecule has 19 heavy (non-hydrogen) atoms. The third-order valence-electron chi connectivity index (χ3n) is 2.96. The summed E-state index contributed by atoms with van der Waals surface area (Å²) in [5, 5.41) is 11.8. The van der Waals surface area contributed by atoms with Crippen LogP contribution in [0.2, 0.25) is 0 Å². The summed E-state index contributed by atoms with van der Waals surface area (Å²) in [4.78, 5) is 4.03. The molecule has 0 aliphatic rings. The number of nitrogens with zero attached hydrogens (tertiary/aromatic N) is 3. The van der Waals surface area contributed by atoms with Gasteiger partial charge in [0.05, 0.1) is 12.4 Å². The van der Waals surface area contributed by atoms with E-state index < -0.39 is 0 Å². The van der Waals surface area contributed by atoms with Gasteiger partial charge in [0.15, 0.2) is 0 Å². The van der Waals surface area contributed by atoms with Crippen LogP contribution in [0, 0.1) is 11.3 Å². The van der Waals surface area contributed by atoms with E-state index in [0.717, 1.165) is 31.6 Å². The Morgan fingerprint density at radius 3 is 2.74 bits per heavy atom. The Morgan fingerprint density at radius 1 is 1.21 bits per heavy atom. The van der Waals surface area contributed by atoms with Crippen molar-refractivity contribution < 1.29 is 0 Å². The highest BCUT2D eigenvalue weighted by molar-refractivity contribution is 5.34. The lowest BCUT2D eigenvalue weighted by atomic mass is 10.2. The normalized spacial score (nSPS) is 10.3. The van der Waals surface area contributed by atoms with Crippen LogP contribution in [0.4, 0.5) is 0 Å². The molecule has 0 aliphatic carbocycles. The molecule has 4 heteroatoms. The topological polar surface area (TPSA) is 53.6 Å². The zero-order valence-electron chi connectivity index (χ0n) is 10.9. The van der Waals surface area contributed by atoms with Crippen LogP contribution in [0.25, 0.3) is 5.69 Å². The Bertz CT molecular complexity index is 508. The summed E-state index contributed by atoms with van der Waals surface area (Å²) < 4.78 is 1.99. The fraction of sp³-hybridized carbons (Fsp3) is 0.333. The SMILES string of the molecule is N#CCCCCNCc1ccc(-n2ccnc2)cc1. The monoisotopic (exact) mass is 254 g/mol. The fourth-order valence-electron chi connectivity index (χ4n) is 1.88. The molecule has 0 saturated heterocycles. The largest absolute Gasteiger partial charge is 0.313 e. The standard InChI is InChI=1S/C15H18N4/c16-8-2-1-3-9-17-12-14-4-6-15(7-5-14)19-11-10-18-13-19/h4-7,10-11,13,17H,1-3,9,12H2. The Morgan fingerprint density at radius 2 is 2.05 bits per heavy atom. The molecule has 0 aliphatic heterocycles. The summed E-state index contributed by atoms with van der Waals surface area (Å²) in [6.45, 7) is 1.84. The molecule has 1 aromatic carbocycles. The van der Waals surface area contributed by atoms with Crippen LogP contribution in [-0.4, -0.2) is 16.1 Å². The molecule has 0 atom stereocenters. The first-order valence-electron chi connectivity index (χ1n) is 6.55. The van der Waals surface area contributed by atoms with Crippen molar-refractivity contribution in [3.05, 3.63) is 48.5 Å². The first-order chi connectivity index (χ1) is 9.40. The zero-order chi connectivity index (χ0) is 13.3.